The number of rotatable bonds is 10. The number of hydrogen-bond acceptors (Lipinski definition) is 7. The van der Waals surface area contributed by atoms with Crippen LogP contribution in [0.1, 0.15) is 44.6 Å². The van der Waals surface area contributed by atoms with Crippen LogP contribution in [-0.4, -0.2) is 30.2 Å². The van der Waals surface area contributed by atoms with Crippen LogP contribution in [-0.2, 0) is 9.53 Å². The van der Waals surface area contributed by atoms with Gasteiger partial charge in [0.1, 0.15) is 11.9 Å². The van der Waals surface area contributed by atoms with Crippen molar-refractivity contribution in [2.24, 2.45) is 0 Å². The number of ether oxygens (including phenoxy) is 2. The van der Waals surface area contributed by atoms with Crippen molar-refractivity contribution in [2.45, 2.75) is 45.1 Å². The zero-order chi connectivity index (χ0) is 25.2. The summed E-state index contributed by atoms with van der Waals surface area (Å²) in [5, 5.41) is 14.4. The van der Waals surface area contributed by atoms with Gasteiger partial charge in [-0.2, -0.15) is 5.26 Å². The number of hydrogen-bond donors (Lipinski definition) is 2. The third-order valence-corrected chi connectivity index (χ3v) is 5.42. The molecule has 2 aromatic carbocycles. The number of methoxy groups -OCH3 is 1. The smallest absolute Gasteiger partial charge is 0.323 e. The molecule has 0 aliphatic heterocycles. The van der Waals surface area contributed by atoms with E-state index >= 15 is 0 Å². The SMILES string of the molecule is CCC(CC#N)OC(=O)C[C@@H](C)c1cccc(NC(=O)Nc2ccc(-c3cnco3)c(OC)c2)c1. The first kappa shape index (κ1) is 25.3. The third-order valence-electron chi connectivity index (χ3n) is 5.42. The minimum absolute atomic E-state index is 0.125. The number of nitrogens with zero attached hydrogens (tertiary/aromatic N) is 2. The summed E-state index contributed by atoms with van der Waals surface area (Å²) in [6, 6.07) is 14.1. The highest BCUT2D eigenvalue weighted by molar-refractivity contribution is 6.00. The quantitative estimate of drug-likeness (QED) is 0.358. The largest absolute Gasteiger partial charge is 0.496 e. The summed E-state index contributed by atoms with van der Waals surface area (Å²) in [5.74, 6) is 0.614. The molecule has 2 amide bonds. The molecular weight excluding hydrogens is 448 g/mol. The molecule has 0 saturated heterocycles. The fraction of sp³-hybridized carbons (Fsp3) is 0.308. The second kappa shape index (κ2) is 12.2. The normalized spacial score (nSPS) is 12.2. The Balaban J connectivity index is 1.60. The molecule has 3 rings (SSSR count). The van der Waals surface area contributed by atoms with Gasteiger partial charge in [-0.15, -0.1) is 0 Å². The van der Waals surface area contributed by atoms with Crippen molar-refractivity contribution in [3.8, 4) is 23.1 Å². The van der Waals surface area contributed by atoms with Crippen LogP contribution in [0.25, 0.3) is 11.3 Å². The minimum Gasteiger partial charge on any atom is -0.496 e. The molecule has 0 bridgehead atoms. The zero-order valence-corrected chi connectivity index (χ0v) is 19.9. The number of aromatic nitrogens is 1. The van der Waals surface area contributed by atoms with E-state index < -0.39 is 6.03 Å². The number of amides is 2. The molecule has 1 unspecified atom stereocenters. The van der Waals surface area contributed by atoms with Crippen molar-refractivity contribution in [3.63, 3.8) is 0 Å². The lowest BCUT2D eigenvalue weighted by Gasteiger charge is -2.17. The maximum absolute atomic E-state index is 12.6. The summed E-state index contributed by atoms with van der Waals surface area (Å²) in [4.78, 5) is 28.7. The van der Waals surface area contributed by atoms with Crippen LogP contribution in [0.15, 0.2) is 59.5 Å². The van der Waals surface area contributed by atoms with Crippen LogP contribution in [0.3, 0.4) is 0 Å². The number of oxazole rings is 1. The van der Waals surface area contributed by atoms with Crippen molar-refractivity contribution in [1.29, 1.82) is 5.26 Å². The van der Waals surface area contributed by atoms with E-state index in [1.54, 1.807) is 30.5 Å². The van der Waals surface area contributed by atoms with Crippen LogP contribution < -0.4 is 15.4 Å². The molecular formula is C26H28N4O5. The summed E-state index contributed by atoms with van der Waals surface area (Å²) < 4.78 is 16.1. The van der Waals surface area contributed by atoms with Gasteiger partial charge in [0.05, 0.1) is 37.8 Å². The molecule has 0 radical (unpaired) electrons. The van der Waals surface area contributed by atoms with Crippen LogP contribution >= 0.6 is 0 Å². The molecule has 0 fully saturated rings. The van der Waals surface area contributed by atoms with E-state index in [0.29, 0.717) is 34.9 Å². The number of urea groups is 1. The summed E-state index contributed by atoms with van der Waals surface area (Å²) >= 11 is 0. The van der Waals surface area contributed by atoms with Crippen molar-refractivity contribution < 1.29 is 23.5 Å². The van der Waals surface area contributed by atoms with Crippen molar-refractivity contribution in [2.75, 3.05) is 17.7 Å². The van der Waals surface area contributed by atoms with Crippen LogP contribution in [0.5, 0.6) is 5.75 Å². The van der Waals surface area contributed by atoms with Gasteiger partial charge in [0.2, 0.25) is 0 Å². The molecule has 35 heavy (non-hydrogen) atoms. The highest BCUT2D eigenvalue weighted by atomic mass is 16.5. The summed E-state index contributed by atoms with van der Waals surface area (Å²) in [5.41, 5.74) is 2.72. The summed E-state index contributed by atoms with van der Waals surface area (Å²) in [7, 11) is 1.54. The van der Waals surface area contributed by atoms with Gasteiger partial charge >= 0.3 is 12.0 Å². The van der Waals surface area contributed by atoms with Gasteiger partial charge in [0.15, 0.2) is 12.2 Å². The Morgan fingerprint density at radius 2 is 1.94 bits per heavy atom. The number of benzene rings is 2. The van der Waals surface area contributed by atoms with E-state index in [1.807, 2.05) is 38.1 Å². The maximum atomic E-state index is 12.6. The van der Waals surface area contributed by atoms with Crippen molar-refractivity contribution in [3.05, 3.63) is 60.6 Å². The number of carbonyl (C=O) groups excluding carboxylic acids is 2. The van der Waals surface area contributed by atoms with E-state index in [-0.39, 0.29) is 30.8 Å². The van der Waals surface area contributed by atoms with E-state index in [4.69, 9.17) is 19.2 Å². The van der Waals surface area contributed by atoms with E-state index in [2.05, 4.69) is 15.6 Å². The van der Waals surface area contributed by atoms with Crippen LogP contribution in [0, 0.1) is 11.3 Å². The predicted molar refractivity (Wildman–Crippen MR) is 131 cm³/mol. The topological polar surface area (TPSA) is 126 Å². The first-order valence-electron chi connectivity index (χ1n) is 11.2. The molecule has 0 saturated carbocycles. The fourth-order valence-corrected chi connectivity index (χ4v) is 3.51. The molecule has 3 aromatic rings. The van der Waals surface area contributed by atoms with Gasteiger partial charge in [0.25, 0.3) is 0 Å². The molecule has 0 aliphatic carbocycles. The standard InChI is InChI=1S/C26H28N4O5/c1-4-21(10-11-27)35-25(31)12-17(2)18-6-5-7-19(13-18)29-26(32)30-20-8-9-22(23(14-20)33-3)24-15-28-16-34-24/h5-9,13-17,21H,4,10,12H2,1-3H3,(H2,29,30,32)/t17-,21?/m1/s1. The van der Waals surface area contributed by atoms with Crippen LogP contribution in [0.2, 0.25) is 0 Å². The molecule has 0 spiro atoms. The summed E-state index contributed by atoms with van der Waals surface area (Å²) in [6.45, 7) is 3.79. The Morgan fingerprint density at radius 1 is 1.17 bits per heavy atom. The van der Waals surface area contributed by atoms with Gasteiger partial charge in [0, 0.05) is 17.4 Å². The molecule has 9 nitrogen and oxygen atoms in total. The van der Waals surface area contributed by atoms with Gasteiger partial charge in [-0.25, -0.2) is 9.78 Å². The second-order valence-electron chi connectivity index (χ2n) is 7.97. The Labute approximate surface area is 204 Å². The van der Waals surface area contributed by atoms with Crippen molar-refractivity contribution in [1.82, 2.24) is 4.98 Å². The van der Waals surface area contributed by atoms with Crippen molar-refractivity contribution >= 4 is 23.4 Å². The molecule has 1 heterocycles. The molecule has 182 valence electrons. The van der Waals surface area contributed by atoms with Gasteiger partial charge in [-0.05, 0) is 42.2 Å². The van der Waals surface area contributed by atoms with E-state index in [1.165, 1.54) is 13.5 Å². The van der Waals surface area contributed by atoms with E-state index in [9.17, 15) is 9.59 Å². The predicted octanol–water partition coefficient (Wildman–Crippen LogP) is 5.72. The summed E-state index contributed by atoms with van der Waals surface area (Å²) in [6.07, 6.45) is 3.48. The van der Waals surface area contributed by atoms with Gasteiger partial charge in [-0.1, -0.05) is 26.0 Å². The lowest BCUT2D eigenvalue weighted by molar-refractivity contribution is -0.149. The molecule has 2 N–H and O–H groups in total. The average Bonchev–Trinajstić information content (AvgIpc) is 3.38. The monoisotopic (exact) mass is 476 g/mol. The highest BCUT2D eigenvalue weighted by Crippen LogP contribution is 2.32. The van der Waals surface area contributed by atoms with Crippen LogP contribution in [0.4, 0.5) is 16.2 Å². The Bertz CT molecular complexity index is 1190. The minimum atomic E-state index is -0.425. The lowest BCUT2D eigenvalue weighted by atomic mass is 9.97. The number of nitriles is 1. The maximum Gasteiger partial charge on any atom is 0.323 e. The zero-order valence-electron chi connectivity index (χ0n) is 19.9. The number of anilines is 2. The number of carbonyl (C=O) groups is 2. The van der Waals surface area contributed by atoms with E-state index in [0.717, 1.165) is 5.56 Å². The number of esters is 1. The first-order valence-corrected chi connectivity index (χ1v) is 11.2. The van der Waals surface area contributed by atoms with Gasteiger partial charge < -0.3 is 24.5 Å². The highest BCUT2D eigenvalue weighted by Gasteiger charge is 2.17. The molecule has 1 aromatic heterocycles. The Morgan fingerprint density at radius 3 is 2.60 bits per heavy atom. The molecule has 9 heteroatoms. The first-order chi connectivity index (χ1) is 16.9. The Kier molecular flexibility index (Phi) is 8.84. The average molecular weight is 477 g/mol. The third kappa shape index (κ3) is 7.08. The van der Waals surface area contributed by atoms with Gasteiger partial charge in [-0.3, -0.25) is 4.79 Å². The lowest BCUT2D eigenvalue weighted by Crippen LogP contribution is -2.20. The fourth-order valence-electron chi connectivity index (χ4n) is 3.51. The molecule has 0 aliphatic rings. The molecule has 2 atom stereocenters. The second-order valence-corrected chi connectivity index (χ2v) is 7.97. The number of nitrogens with one attached hydrogen (secondary N) is 2. The Hall–Kier alpha value is -4.32.